The molecule has 128 valence electrons. The number of ketones is 1. The lowest BCUT2D eigenvalue weighted by atomic mass is 9.85. The van der Waals surface area contributed by atoms with Crippen molar-refractivity contribution in [2.75, 3.05) is 14.2 Å². The van der Waals surface area contributed by atoms with E-state index in [1.165, 1.54) is 0 Å². The smallest absolute Gasteiger partial charge is 0.147 e. The Morgan fingerprint density at radius 3 is 1.54 bits per heavy atom. The van der Waals surface area contributed by atoms with E-state index in [1.54, 1.807) is 14.2 Å². The van der Waals surface area contributed by atoms with Gasteiger partial charge in [-0.3, -0.25) is 4.79 Å². The summed E-state index contributed by atoms with van der Waals surface area (Å²) in [4.78, 5) is 13.1. The van der Waals surface area contributed by atoms with Crippen molar-refractivity contribution in [3.05, 3.63) is 56.5 Å². The average Bonchev–Trinajstić information content (AvgIpc) is 2.59. The van der Waals surface area contributed by atoms with E-state index >= 15 is 0 Å². The van der Waals surface area contributed by atoms with E-state index in [1.807, 2.05) is 50.2 Å². The summed E-state index contributed by atoms with van der Waals surface area (Å²) in [6.07, 6.45) is 0. The van der Waals surface area contributed by atoms with Gasteiger partial charge in [-0.05, 0) is 44.0 Å². The number of carbonyl (C=O) groups excluding carboxylic acids is 1. The van der Waals surface area contributed by atoms with Gasteiger partial charge in [0.05, 0.1) is 23.2 Å². The molecule has 0 N–H and O–H groups in total. The van der Waals surface area contributed by atoms with Crippen LogP contribution < -0.4 is 9.47 Å². The minimum atomic E-state index is -0.295. The largest absolute Gasteiger partial charge is 0.495 e. The molecular weight excluding hydrogens is 436 g/mol. The molecule has 3 nitrogen and oxygen atoms in total. The fraction of sp³-hybridized carbons (Fsp3) is 0.316. The molecule has 0 amide bonds. The number of benzene rings is 2. The number of hydrogen-bond donors (Lipinski definition) is 0. The van der Waals surface area contributed by atoms with Crippen LogP contribution in [0.25, 0.3) is 0 Å². The molecule has 0 aliphatic rings. The van der Waals surface area contributed by atoms with Crippen molar-refractivity contribution in [3.63, 3.8) is 0 Å². The Balaban J connectivity index is 2.39. The van der Waals surface area contributed by atoms with Crippen molar-refractivity contribution in [3.8, 4) is 11.5 Å². The summed E-state index contributed by atoms with van der Waals surface area (Å²) in [5.74, 6) is 0.925. The summed E-state index contributed by atoms with van der Waals surface area (Å²) in [5, 5.41) is 0. The molecule has 0 saturated carbocycles. The molecule has 0 aliphatic heterocycles. The molecule has 0 heterocycles. The molecule has 2 rings (SSSR count). The first-order valence-electron chi connectivity index (χ1n) is 7.60. The van der Waals surface area contributed by atoms with Gasteiger partial charge in [0.2, 0.25) is 0 Å². The molecular formula is C19H20Br2O3. The molecule has 0 aromatic heterocycles. The maximum absolute atomic E-state index is 13.1. The number of ether oxygens (including phenoxy) is 2. The van der Waals surface area contributed by atoms with Gasteiger partial charge >= 0.3 is 0 Å². The Labute approximate surface area is 159 Å². The second-order valence-corrected chi connectivity index (χ2v) is 7.28. The van der Waals surface area contributed by atoms with Crippen molar-refractivity contribution in [1.82, 2.24) is 0 Å². The first-order chi connectivity index (χ1) is 11.4. The maximum atomic E-state index is 13.1. The van der Waals surface area contributed by atoms with Gasteiger partial charge in [0.15, 0.2) is 0 Å². The van der Waals surface area contributed by atoms with Gasteiger partial charge < -0.3 is 9.47 Å². The Hall–Kier alpha value is -1.33. The van der Waals surface area contributed by atoms with Gasteiger partial charge in [-0.1, -0.05) is 38.1 Å². The van der Waals surface area contributed by atoms with Crippen molar-refractivity contribution < 1.29 is 14.3 Å². The Morgan fingerprint density at radius 1 is 0.833 bits per heavy atom. The average molecular weight is 456 g/mol. The van der Waals surface area contributed by atoms with Crippen molar-refractivity contribution in [2.45, 2.75) is 25.7 Å². The van der Waals surface area contributed by atoms with E-state index in [9.17, 15) is 4.79 Å². The summed E-state index contributed by atoms with van der Waals surface area (Å²) < 4.78 is 12.6. The third-order valence-electron chi connectivity index (χ3n) is 4.19. The van der Waals surface area contributed by atoms with Crippen LogP contribution in [0, 0.1) is 0 Å². The fourth-order valence-electron chi connectivity index (χ4n) is 2.85. The second-order valence-electron chi connectivity index (χ2n) is 5.57. The van der Waals surface area contributed by atoms with E-state index in [0.717, 1.165) is 20.1 Å². The zero-order valence-electron chi connectivity index (χ0n) is 14.1. The number of carbonyl (C=O) groups is 1. The predicted octanol–water partition coefficient (Wildman–Crippen LogP) is 5.71. The van der Waals surface area contributed by atoms with E-state index in [-0.39, 0.29) is 17.6 Å². The zero-order valence-corrected chi connectivity index (χ0v) is 17.3. The Bertz CT molecular complexity index is 682. The van der Waals surface area contributed by atoms with Crippen LogP contribution in [-0.2, 0) is 4.79 Å². The third-order valence-corrected chi connectivity index (χ3v) is 5.44. The number of Topliss-reactive ketones (excluding diaryl/α,β-unsaturated/α-hetero) is 1. The molecule has 0 bridgehead atoms. The highest BCUT2D eigenvalue weighted by molar-refractivity contribution is 9.10. The van der Waals surface area contributed by atoms with Crippen LogP contribution in [-0.4, -0.2) is 20.0 Å². The molecule has 2 aromatic carbocycles. The van der Waals surface area contributed by atoms with E-state index in [2.05, 4.69) is 31.9 Å². The van der Waals surface area contributed by atoms with Crippen LogP contribution in [0.1, 0.15) is 36.8 Å². The van der Waals surface area contributed by atoms with Crippen LogP contribution in [0.4, 0.5) is 0 Å². The SMILES string of the molecule is COc1c(Br)cccc1C(C)C(=O)C(C)c1cccc(Br)c1OC. The lowest BCUT2D eigenvalue weighted by Gasteiger charge is -2.21. The molecule has 2 aromatic rings. The molecule has 24 heavy (non-hydrogen) atoms. The number of methoxy groups -OCH3 is 2. The number of rotatable bonds is 6. The highest BCUT2D eigenvalue weighted by Gasteiger charge is 2.28. The van der Waals surface area contributed by atoms with Crippen LogP contribution in [0.3, 0.4) is 0 Å². The molecule has 0 radical (unpaired) electrons. The topological polar surface area (TPSA) is 35.5 Å². The van der Waals surface area contributed by atoms with Gasteiger partial charge in [-0.2, -0.15) is 0 Å². The Kier molecular flexibility index (Phi) is 6.47. The summed E-state index contributed by atoms with van der Waals surface area (Å²) >= 11 is 6.95. The number of hydrogen-bond acceptors (Lipinski definition) is 3. The van der Waals surface area contributed by atoms with Gasteiger partial charge in [0, 0.05) is 23.0 Å². The van der Waals surface area contributed by atoms with Crippen LogP contribution >= 0.6 is 31.9 Å². The summed E-state index contributed by atoms with van der Waals surface area (Å²) in [7, 11) is 3.23. The normalized spacial score (nSPS) is 13.2. The van der Waals surface area contributed by atoms with Crippen molar-refractivity contribution in [1.29, 1.82) is 0 Å². The molecule has 0 saturated heterocycles. The highest BCUT2D eigenvalue weighted by Crippen LogP contribution is 2.39. The van der Waals surface area contributed by atoms with Crippen LogP contribution in [0.5, 0.6) is 11.5 Å². The quantitative estimate of drug-likeness (QED) is 0.559. The molecule has 0 spiro atoms. The molecule has 2 unspecified atom stereocenters. The van der Waals surface area contributed by atoms with Crippen LogP contribution in [0.2, 0.25) is 0 Å². The van der Waals surface area contributed by atoms with Crippen LogP contribution in [0.15, 0.2) is 45.3 Å². The first kappa shape index (κ1) is 19.0. The predicted molar refractivity (Wildman–Crippen MR) is 103 cm³/mol. The standard InChI is InChI=1S/C19H20Br2O3/c1-11(13-7-5-9-15(20)18(13)23-3)17(22)12(2)14-8-6-10-16(21)19(14)24-4/h5-12H,1-4H3. The number of halogens is 2. The lowest BCUT2D eigenvalue weighted by Crippen LogP contribution is -2.18. The Morgan fingerprint density at radius 2 is 1.21 bits per heavy atom. The molecule has 0 aliphatic carbocycles. The minimum absolute atomic E-state index is 0.114. The molecule has 5 heteroatoms. The molecule has 2 atom stereocenters. The highest BCUT2D eigenvalue weighted by atomic mass is 79.9. The summed E-state index contributed by atoms with van der Waals surface area (Å²) in [5.41, 5.74) is 1.75. The monoisotopic (exact) mass is 454 g/mol. The maximum Gasteiger partial charge on any atom is 0.147 e. The van der Waals surface area contributed by atoms with Gasteiger partial charge in [-0.15, -0.1) is 0 Å². The van der Waals surface area contributed by atoms with E-state index in [0.29, 0.717) is 11.5 Å². The summed E-state index contributed by atoms with van der Waals surface area (Å²) in [6, 6.07) is 11.5. The van der Waals surface area contributed by atoms with E-state index in [4.69, 9.17) is 9.47 Å². The van der Waals surface area contributed by atoms with Gasteiger partial charge in [-0.25, -0.2) is 0 Å². The third kappa shape index (κ3) is 3.67. The summed E-state index contributed by atoms with van der Waals surface area (Å²) in [6.45, 7) is 3.82. The van der Waals surface area contributed by atoms with Gasteiger partial charge in [0.1, 0.15) is 17.3 Å². The van der Waals surface area contributed by atoms with E-state index < -0.39 is 0 Å². The van der Waals surface area contributed by atoms with Crippen molar-refractivity contribution in [2.24, 2.45) is 0 Å². The fourth-order valence-corrected chi connectivity index (χ4v) is 3.93. The molecule has 0 fully saturated rings. The van der Waals surface area contributed by atoms with Gasteiger partial charge in [0.25, 0.3) is 0 Å². The van der Waals surface area contributed by atoms with Crippen molar-refractivity contribution >= 4 is 37.6 Å². The number of para-hydroxylation sites is 2. The first-order valence-corrected chi connectivity index (χ1v) is 9.19. The zero-order chi connectivity index (χ0) is 17.9. The second kappa shape index (κ2) is 8.17. The minimum Gasteiger partial charge on any atom is -0.495 e. The lowest BCUT2D eigenvalue weighted by molar-refractivity contribution is -0.121.